The molecule has 0 atom stereocenters. The molecule has 0 saturated carbocycles. The van der Waals surface area contributed by atoms with Gasteiger partial charge in [0.05, 0.1) is 17.6 Å². The number of amides is 1. The van der Waals surface area contributed by atoms with Crippen molar-refractivity contribution in [2.75, 3.05) is 5.32 Å². The number of anilines is 1. The number of nitrogens with zero attached hydrogens (tertiary/aromatic N) is 1. The molecule has 5 rings (SSSR count). The van der Waals surface area contributed by atoms with Gasteiger partial charge in [-0.05, 0) is 35.4 Å². The summed E-state index contributed by atoms with van der Waals surface area (Å²) in [5, 5.41) is 4.03. The van der Waals surface area contributed by atoms with Gasteiger partial charge in [0.1, 0.15) is 12.4 Å². The summed E-state index contributed by atoms with van der Waals surface area (Å²) in [6.45, 7) is 0.366. The number of rotatable bonds is 4. The number of benzene rings is 3. The first kappa shape index (κ1) is 16.5. The van der Waals surface area contributed by atoms with Gasteiger partial charge in [0.2, 0.25) is 5.91 Å². The molecule has 0 fully saturated rings. The highest BCUT2D eigenvalue weighted by molar-refractivity contribution is 6.00. The minimum absolute atomic E-state index is 0.0161. The number of hydrogen-bond donors (Lipinski definition) is 1. The fourth-order valence-electron chi connectivity index (χ4n) is 3.55. The Kier molecular flexibility index (Phi) is 4.02. The third kappa shape index (κ3) is 3.09. The van der Waals surface area contributed by atoms with Gasteiger partial charge in [0.25, 0.3) is 0 Å². The molecule has 0 unspecified atom stereocenters. The predicted octanol–water partition coefficient (Wildman–Crippen LogP) is 4.98. The van der Waals surface area contributed by atoms with Crippen molar-refractivity contribution in [3.05, 3.63) is 90.1 Å². The SMILES string of the molecule is O=C1Cc2cc(OCc3ccc4ccccc4n3)c(-c3ccccc3)cc2N1. The van der Waals surface area contributed by atoms with E-state index in [0.717, 1.165) is 44.7 Å². The molecule has 0 saturated heterocycles. The van der Waals surface area contributed by atoms with Crippen molar-refractivity contribution in [1.82, 2.24) is 4.98 Å². The third-order valence-corrected chi connectivity index (χ3v) is 4.95. The van der Waals surface area contributed by atoms with Crippen molar-refractivity contribution in [1.29, 1.82) is 0 Å². The van der Waals surface area contributed by atoms with Gasteiger partial charge in [-0.2, -0.15) is 0 Å². The van der Waals surface area contributed by atoms with Crippen LogP contribution in [0.1, 0.15) is 11.3 Å². The molecular weight excluding hydrogens is 348 g/mol. The second-order valence-electron chi connectivity index (χ2n) is 6.88. The van der Waals surface area contributed by atoms with E-state index in [2.05, 4.69) is 16.4 Å². The van der Waals surface area contributed by atoms with Gasteiger partial charge in [-0.3, -0.25) is 4.79 Å². The molecule has 0 bridgehead atoms. The predicted molar refractivity (Wildman–Crippen MR) is 110 cm³/mol. The number of pyridine rings is 1. The van der Waals surface area contributed by atoms with E-state index in [-0.39, 0.29) is 5.91 Å². The highest BCUT2D eigenvalue weighted by Gasteiger charge is 2.21. The Hall–Kier alpha value is -3.66. The number of nitrogens with one attached hydrogen (secondary N) is 1. The average Bonchev–Trinajstić information content (AvgIpc) is 3.11. The van der Waals surface area contributed by atoms with E-state index in [1.165, 1.54) is 0 Å². The summed E-state index contributed by atoms with van der Waals surface area (Å²) >= 11 is 0. The van der Waals surface area contributed by atoms with E-state index >= 15 is 0 Å². The molecule has 28 heavy (non-hydrogen) atoms. The zero-order valence-corrected chi connectivity index (χ0v) is 15.2. The first-order chi connectivity index (χ1) is 13.8. The van der Waals surface area contributed by atoms with E-state index in [9.17, 15) is 4.79 Å². The van der Waals surface area contributed by atoms with Gasteiger partial charge in [-0.1, -0.05) is 54.6 Å². The number of ether oxygens (including phenoxy) is 1. The molecule has 0 aliphatic carbocycles. The standard InChI is InChI=1S/C24H18N2O2/c27-24-13-18-12-23(20(14-22(18)26-24)16-6-2-1-3-7-16)28-15-19-11-10-17-8-4-5-9-21(17)25-19/h1-12,14H,13,15H2,(H,26,27). The van der Waals surface area contributed by atoms with Crippen LogP contribution in [0.15, 0.2) is 78.9 Å². The molecule has 1 aliphatic heterocycles. The quantitative estimate of drug-likeness (QED) is 0.554. The van der Waals surface area contributed by atoms with E-state index in [4.69, 9.17) is 4.74 Å². The second-order valence-corrected chi connectivity index (χ2v) is 6.88. The van der Waals surface area contributed by atoms with Gasteiger partial charge in [0, 0.05) is 16.6 Å². The summed E-state index contributed by atoms with van der Waals surface area (Å²) in [5.41, 5.74) is 5.66. The fraction of sp³-hybridized carbons (Fsp3) is 0.0833. The van der Waals surface area contributed by atoms with Crippen LogP contribution in [0.25, 0.3) is 22.0 Å². The number of carbonyl (C=O) groups is 1. The lowest BCUT2D eigenvalue weighted by Crippen LogP contribution is -2.03. The summed E-state index contributed by atoms with van der Waals surface area (Å²) < 4.78 is 6.19. The summed E-state index contributed by atoms with van der Waals surface area (Å²) in [6.07, 6.45) is 0.384. The number of para-hydroxylation sites is 1. The van der Waals surface area contributed by atoms with E-state index in [1.807, 2.05) is 72.8 Å². The maximum absolute atomic E-state index is 11.8. The van der Waals surface area contributed by atoms with Gasteiger partial charge < -0.3 is 10.1 Å². The first-order valence-corrected chi connectivity index (χ1v) is 9.26. The molecule has 4 nitrogen and oxygen atoms in total. The van der Waals surface area contributed by atoms with Crippen LogP contribution in [0, 0.1) is 0 Å². The van der Waals surface area contributed by atoms with Crippen LogP contribution < -0.4 is 10.1 Å². The van der Waals surface area contributed by atoms with E-state index < -0.39 is 0 Å². The normalized spacial score (nSPS) is 12.6. The zero-order chi connectivity index (χ0) is 18.9. The summed E-state index contributed by atoms with van der Waals surface area (Å²) in [7, 11) is 0. The van der Waals surface area contributed by atoms with Gasteiger partial charge in [0.15, 0.2) is 0 Å². The van der Waals surface area contributed by atoms with Crippen LogP contribution in [0.4, 0.5) is 5.69 Å². The highest BCUT2D eigenvalue weighted by Crippen LogP contribution is 2.37. The minimum atomic E-state index is 0.0161. The largest absolute Gasteiger partial charge is 0.487 e. The molecule has 1 aromatic heterocycles. The Labute approximate surface area is 162 Å². The Morgan fingerprint density at radius 1 is 0.929 bits per heavy atom. The Balaban J connectivity index is 1.49. The number of fused-ring (bicyclic) bond motifs is 2. The molecule has 1 aliphatic rings. The number of aromatic nitrogens is 1. The topological polar surface area (TPSA) is 51.2 Å². The Morgan fingerprint density at radius 3 is 2.64 bits per heavy atom. The Bertz CT molecular complexity index is 1190. The summed E-state index contributed by atoms with van der Waals surface area (Å²) in [6, 6.07) is 26.1. The molecule has 3 aromatic carbocycles. The third-order valence-electron chi connectivity index (χ3n) is 4.95. The van der Waals surface area contributed by atoms with Crippen molar-refractivity contribution in [3.8, 4) is 16.9 Å². The van der Waals surface area contributed by atoms with Gasteiger partial charge >= 0.3 is 0 Å². The van der Waals surface area contributed by atoms with Crippen molar-refractivity contribution >= 4 is 22.5 Å². The van der Waals surface area contributed by atoms with Crippen molar-refractivity contribution < 1.29 is 9.53 Å². The fourth-order valence-corrected chi connectivity index (χ4v) is 3.55. The van der Waals surface area contributed by atoms with Crippen molar-refractivity contribution in [2.24, 2.45) is 0 Å². The summed E-state index contributed by atoms with van der Waals surface area (Å²) in [5.74, 6) is 0.777. The molecule has 0 radical (unpaired) electrons. The maximum Gasteiger partial charge on any atom is 0.228 e. The summed E-state index contributed by atoms with van der Waals surface area (Å²) in [4.78, 5) is 16.5. The smallest absolute Gasteiger partial charge is 0.228 e. The lowest BCUT2D eigenvalue weighted by molar-refractivity contribution is -0.115. The van der Waals surface area contributed by atoms with E-state index in [1.54, 1.807) is 0 Å². The van der Waals surface area contributed by atoms with Gasteiger partial charge in [-0.25, -0.2) is 4.98 Å². The molecule has 0 spiro atoms. The molecule has 4 heteroatoms. The van der Waals surface area contributed by atoms with Crippen molar-refractivity contribution in [3.63, 3.8) is 0 Å². The van der Waals surface area contributed by atoms with Crippen LogP contribution in [0.2, 0.25) is 0 Å². The average molecular weight is 366 g/mol. The highest BCUT2D eigenvalue weighted by atomic mass is 16.5. The second kappa shape index (κ2) is 6.82. The Morgan fingerprint density at radius 2 is 1.75 bits per heavy atom. The molecule has 1 amide bonds. The lowest BCUT2D eigenvalue weighted by Gasteiger charge is -2.14. The molecule has 2 heterocycles. The lowest BCUT2D eigenvalue weighted by atomic mass is 10.0. The van der Waals surface area contributed by atoms with Crippen LogP contribution in [-0.2, 0) is 17.8 Å². The van der Waals surface area contributed by atoms with Gasteiger partial charge in [-0.15, -0.1) is 0 Å². The zero-order valence-electron chi connectivity index (χ0n) is 15.2. The van der Waals surface area contributed by atoms with E-state index in [0.29, 0.717) is 13.0 Å². The monoisotopic (exact) mass is 366 g/mol. The molecule has 1 N–H and O–H groups in total. The number of carbonyl (C=O) groups excluding carboxylic acids is 1. The first-order valence-electron chi connectivity index (χ1n) is 9.26. The molecule has 4 aromatic rings. The maximum atomic E-state index is 11.8. The number of hydrogen-bond acceptors (Lipinski definition) is 3. The van der Waals surface area contributed by atoms with Crippen LogP contribution >= 0.6 is 0 Å². The van der Waals surface area contributed by atoms with Crippen LogP contribution in [0.5, 0.6) is 5.75 Å². The molecule has 136 valence electrons. The van der Waals surface area contributed by atoms with Crippen LogP contribution in [-0.4, -0.2) is 10.9 Å². The minimum Gasteiger partial charge on any atom is -0.487 e. The molecular formula is C24H18N2O2. The van der Waals surface area contributed by atoms with Crippen LogP contribution in [0.3, 0.4) is 0 Å². The van der Waals surface area contributed by atoms with Crippen molar-refractivity contribution in [2.45, 2.75) is 13.0 Å².